The highest BCUT2D eigenvalue weighted by molar-refractivity contribution is 5.00. The Morgan fingerprint density at radius 2 is 2.54 bits per heavy atom. The number of ether oxygens (including phenoxy) is 2. The normalized spacial score (nSPS) is 17.0. The molecule has 1 aromatic heterocycles. The van der Waals surface area contributed by atoms with Crippen LogP contribution in [0.25, 0.3) is 0 Å². The Morgan fingerprint density at radius 3 is 3.15 bits per heavy atom. The topological polar surface area (TPSA) is 56.5 Å². The molecule has 0 bridgehead atoms. The number of aromatic nitrogens is 1. The van der Waals surface area contributed by atoms with Gasteiger partial charge in [-0.1, -0.05) is 0 Å². The lowest BCUT2D eigenvalue weighted by Gasteiger charge is -2.24. The van der Waals surface area contributed by atoms with Gasteiger partial charge < -0.3 is 19.2 Å². The van der Waals surface area contributed by atoms with Crippen molar-refractivity contribution in [1.82, 2.24) is 10.3 Å². The zero-order valence-corrected chi connectivity index (χ0v) is 7.45. The van der Waals surface area contributed by atoms with Crippen molar-refractivity contribution < 1.29 is 13.9 Å². The Bertz CT molecular complexity index is 270. The van der Waals surface area contributed by atoms with Gasteiger partial charge in [-0.2, -0.15) is 4.98 Å². The van der Waals surface area contributed by atoms with Crippen LogP contribution >= 0.6 is 0 Å². The molecular weight excluding hydrogens is 172 g/mol. The molecule has 0 amide bonds. The number of rotatable bonds is 4. The molecule has 13 heavy (non-hydrogen) atoms. The van der Waals surface area contributed by atoms with Crippen LogP contribution in [0.15, 0.2) is 10.7 Å². The van der Waals surface area contributed by atoms with E-state index in [1.54, 1.807) is 6.26 Å². The summed E-state index contributed by atoms with van der Waals surface area (Å²) in [4.78, 5) is 4.11. The first-order chi connectivity index (χ1) is 6.38. The first-order valence-electron chi connectivity index (χ1n) is 4.22. The fraction of sp³-hybridized carbons (Fsp3) is 0.625. The smallest absolute Gasteiger partial charge is 0.394 e. The molecule has 1 aromatic rings. The minimum atomic E-state index is 0.112. The summed E-state index contributed by atoms with van der Waals surface area (Å²) in [5, 5.41) is 2.98. The van der Waals surface area contributed by atoms with Gasteiger partial charge in [0.15, 0.2) is 6.10 Å². The molecule has 1 N–H and O–H groups in total. The van der Waals surface area contributed by atoms with E-state index < -0.39 is 0 Å². The van der Waals surface area contributed by atoms with Crippen LogP contribution in [-0.4, -0.2) is 31.3 Å². The molecule has 5 nitrogen and oxygen atoms in total. The highest BCUT2D eigenvalue weighted by Gasteiger charge is 2.22. The summed E-state index contributed by atoms with van der Waals surface area (Å²) in [6.07, 6.45) is 2.03. The van der Waals surface area contributed by atoms with Crippen molar-refractivity contribution in [1.29, 1.82) is 0 Å². The lowest BCUT2D eigenvalue weighted by atomic mass is 10.3. The molecule has 0 unspecified atom stereocenters. The molecule has 1 aliphatic rings. The van der Waals surface area contributed by atoms with E-state index in [1.807, 2.05) is 7.05 Å². The van der Waals surface area contributed by atoms with E-state index in [0.717, 1.165) is 5.69 Å². The Morgan fingerprint density at radius 1 is 1.69 bits per heavy atom. The zero-order chi connectivity index (χ0) is 9.10. The van der Waals surface area contributed by atoms with Gasteiger partial charge in [-0.05, 0) is 7.05 Å². The van der Waals surface area contributed by atoms with E-state index >= 15 is 0 Å². The number of hydrogen-bond donors (Lipinski definition) is 1. The lowest BCUT2D eigenvalue weighted by Crippen LogP contribution is -2.38. The second-order valence-corrected chi connectivity index (χ2v) is 2.91. The highest BCUT2D eigenvalue weighted by Crippen LogP contribution is 2.14. The molecule has 1 fully saturated rings. The van der Waals surface area contributed by atoms with E-state index in [1.165, 1.54) is 0 Å². The number of hydrogen-bond acceptors (Lipinski definition) is 5. The number of nitrogens with zero attached hydrogens (tertiary/aromatic N) is 1. The van der Waals surface area contributed by atoms with Crippen LogP contribution in [0.4, 0.5) is 0 Å². The van der Waals surface area contributed by atoms with Gasteiger partial charge in [-0.25, -0.2) is 0 Å². The summed E-state index contributed by atoms with van der Waals surface area (Å²) < 4.78 is 15.4. The molecule has 2 rings (SSSR count). The summed E-state index contributed by atoms with van der Waals surface area (Å²) in [6, 6.07) is 0. The van der Waals surface area contributed by atoms with Crippen molar-refractivity contribution in [3.63, 3.8) is 0 Å². The maximum atomic E-state index is 5.35. The largest absolute Gasteiger partial charge is 0.442 e. The molecule has 2 heterocycles. The van der Waals surface area contributed by atoms with Gasteiger partial charge in [0.2, 0.25) is 0 Å². The maximum absolute atomic E-state index is 5.35. The third-order valence-corrected chi connectivity index (χ3v) is 1.76. The molecule has 0 aliphatic carbocycles. The Labute approximate surface area is 76.0 Å². The molecule has 72 valence electrons. The standard InChI is InChI=1S/C8H12N2O3/c1-9-2-6-3-12-8(10-6)13-7-4-11-5-7/h3,7,9H,2,4-5H2,1H3. The molecule has 1 saturated heterocycles. The van der Waals surface area contributed by atoms with E-state index in [4.69, 9.17) is 13.9 Å². The molecule has 0 aromatic carbocycles. The van der Waals surface area contributed by atoms with E-state index in [2.05, 4.69) is 10.3 Å². The minimum Gasteiger partial charge on any atom is -0.442 e. The second-order valence-electron chi connectivity index (χ2n) is 2.91. The molecule has 5 heteroatoms. The second kappa shape index (κ2) is 3.76. The third kappa shape index (κ3) is 1.99. The Kier molecular flexibility index (Phi) is 2.47. The third-order valence-electron chi connectivity index (χ3n) is 1.76. The van der Waals surface area contributed by atoms with Crippen molar-refractivity contribution in [2.45, 2.75) is 12.6 Å². The van der Waals surface area contributed by atoms with Crippen LogP contribution in [-0.2, 0) is 11.3 Å². The molecule has 0 radical (unpaired) electrons. The van der Waals surface area contributed by atoms with Crippen LogP contribution in [0.1, 0.15) is 5.69 Å². The average molecular weight is 184 g/mol. The van der Waals surface area contributed by atoms with Gasteiger partial charge in [-0.15, -0.1) is 0 Å². The van der Waals surface area contributed by atoms with Gasteiger partial charge in [0.1, 0.15) is 6.26 Å². The predicted molar refractivity (Wildman–Crippen MR) is 44.5 cm³/mol. The fourth-order valence-electron chi connectivity index (χ4n) is 1.03. The summed E-state index contributed by atoms with van der Waals surface area (Å²) in [7, 11) is 1.86. The van der Waals surface area contributed by atoms with Crippen molar-refractivity contribution >= 4 is 0 Å². The van der Waals surface area contributed by atoms with Crippen LogP contribution in [0, 0.1) is 0 Å². The molecular formula is C8H12N2O3. The monoisotopic (exact) mass is 184 g/mol. The molecule has 0 spiro atoms. The van der Waals surface area contributed by atoms with Gasteiger partial charge in [0, 0.05) is 6.54 Å². The van der Waals surface area contributed by atoms with Crippen molar-refractivity contribution in [3.8, 4) is 6.08 Å². The highest BCUT2D eigenvalue weighted by atomic mass is 16.6. The quantitative estimate of drug-likeness (QED) is 0.723. The van der Waals surface area contributed by atoms with E-state index in [9.17, 15) is 0 Å². The number of nitrogens with one attached hydrogen (secondary N) is 1. The fourth-order valence-corrected chi connectivity index (χ4v) is 1.03. The number of oxazole rings is 1. The first-order valence-corrected chi connectivity index (χ1v) is 4.22. The summed E-state index contributed by atoms with van der Waals surface area (Å²) in [6.45, 7) is 1.95. The molecule has 0 saturated carbocycles. The van der Waals surface area contributed by atoms with Gasteiger partial charge in [0.05, 0.1) is 18.9 Å². The van der Waals surface area contributed by atoms with Crippen molar-refractivity contribution in [2.75, 3.05) is 20.3 Å². The molecule has 1 aliphatic heterocycles. The summed E-state index contributed by atoms with van der Waals surface area (Å²) in [5.41, 5.74) is 0.845. The first kappa shape index (κ1) is 8.52. The van der Waals surface area contributed by atoms with Crippen LogP contribution in [0.2, 0.25) is 0 Å². The lowest BCUT2D eigenvalue weighted by molar-refractivity contribution is -0.0894. The Balaban J connectivity index is 1.88. The maximum Gasteiger partial charge on any atom is 0.394 e. The summed E-state index contributed by atoms with van der Waals surface area (Å²) >= 11 is 0. The van der Waals surface area contributed by atoms with Gasteiger partial charge in [-0.3, -0.25) is 0 Å². The SMILES string of the molecule is CNCc1coc(OC2COC2)n1. The van der Waals surface area contributed by atoms with E-state index in [-0.39, 0.29) is 6.10 Å². The zero-order valence-electron chi connectivity index (χ0n) is 7.45. The average Bonchev–Trinajstić information content (AvgIpc) is 2.46. The predicted octanol–water partition coefficient (Wildman–Crippen LogP) is 0.172. The minimum absolute atomic E-state index is 0.112. The van der Waals surface area contributed by atoms with Crippen LogP contribution < -0.4 is 10.1 Å². The Hall–Kier alpha value is -1.07. The van der Waals surface area contributed by atoms with Gasteiger partial charge in [0.25, 0.3) is 0 Å². The van der Waals surface area contributed by atoms with Crippen molar-refractivity contribution in [3.05, 3.63) is 12.0 Å². The molecule has 0 atom stereocenters. The van der Waals surface area contributed by atoms with Crippen molar-refractivity contribution in [2.24, 2.45) is 0 Å². The van der Waals surface area contributed by atoms with E-state index in [0.29, 0.717) is 25.8 Å². The summed E-state index contributed by atoms with van der Waals surface area (Å²) in [5.74, 6) is 0. The van der Waals surface area contributed by atoms with Crippen LogP contribution in [0.3, 0.4) is 0 Å². The van der Waals surface area contributed by atoms with Crippen LogP contribution in [0.5, 0.6) is 6.08 Å². The van der Waals surface area contributed by atoms with Gasteiger partial charge >= 0.3 is 6.08 Å².